The van der Waals surface area contributed by atoms with Crippen LogP contribution in [0, 0.1) is 11.3 Å². The lowest BCUT2D eigenvalue weighted by Gasteiger charge is -2.12. The van der Waals surface area contributed by atoms with Gasteiger partial charge in [0.2, 0.25) is 0 Å². The van der Waals surface area contributed by atoms with Crippen LogP contribution in [0.25, 0.3) is 27.8 Å². The summed E-state index contributed by atoms with van der Waals surface area (Å²) in [6, 6.07) is 28.4. The minimum atomic E-state index is 0.666. The zero-order valence-corrected chi connectivity index (χ0v) is 13.8. The topological polar surface area (TPSA) is 38.0 Å². The van der Waals surface area contributed by atoms with E-state index in [-0.39, 0.29) is 0 Å². The third-order valence-corrected chi connectivity index (χ3v) is 4.33. The maximum absolute atomic E-state index is 9.19. The molecule has 0 aliphatic heterocycles. The van der Waals surface area contributed by atoms with Gasteiger partial charge in [0.05, 0.1) is 30.0 Å². The number of fused-ring (bicyclic) bond motifs is 1. The highest BCUT2D eigenvalue weighted by Crippen LogP contribution is 2.32. The van der Waals surface area contributed by atoms with Gasteiger partial charge in [-0.3, -0.25) is 0 Å². The summed E-state index contributed by atoms with van der Waals surface area (Å²) in [5, 5.41) is 10.2. The first-order valence-corrected chi connectivity index (χ1v) is 8.05. The fourth-order valence-corrected chi connectivity index (χ4v) is 3.12. The van der Waals surface area contributed by atoms with Crippen molar-refractivity contribution in [3.8, 4) is 28.8 Å². The Bertz CT molecular complexity index is 1070. The van der Waals surface area contributed by atoms with Crippen molar-refractivity contribution >= 4 is 10.9 Å². The number of hydrogen-bond acceptors (Lipinski definition) is 2. The Balaban J connectivity index is 2.00. The maximum atomic E-state index is 9.19. The van der Waals surface area contributed by atoms with Crippen molar-refractivity contribution in [3.05, 3.63) is 84.4 Å². The Hall–Kier alpha value is -3.51. The van der Waals surface area contributed by atoms with Crippen LogP contribution >= 0.6 is 0 Å². The van der Waals surface area contributed by atoms with Crippen LogP contribution in [-0.4, -0.2) is 11.7 Å². The lowest BCUT2D eigenvalue weighted by Crippen LogP contribution is -1.97. The highest BCUT2D eigenvalue weighted by molar-refractivity contribution is 5.90. The second-order valence-electron chi connectivity index (χ2n) is 5.81. The molecule has 0 fully saturated rings. The summed E-state index contributed by atoms with van der Waals surface area (Å²) in [7, 11) is 1.67. The van der Waals surface area contributed by atoms with Gasteiger partial charge >= 0.3 is 0 Å². The van der Waals surface area contributed by atoms with Gasteiger partial charge in [0, 0.05) is 11.1 Å². The van der Waals surface area contributed by atoms with Crippen LogP contribution in [0.1, 0.15) is 5.56 Å². The van der Waals surface area contributed by atoms with Gasteiger partial charge in [-0.15, -0.1) is 0 Å². The monoisotopic (exact) mass is 324 g/mol. The number of hydrogen-bond donors (Lipinski definition) is 0. The molecule has 120 valence electrons. The quantitative estimate of drug-likeness (QED) is 0.521. The molecule has 3 heteroatoms. The maximum Gasteiger partial charge on any atom is 0.119 e. The lowest BCUT2D eigenvalue weighted by molar-refractivity contribution is 0.415. The number of methoxy groups -OCH3 is 1. The van der Waals surface area contributed by atoms with Crippen molar-refractivity contribution in [3.63, 3.8) is 0 Å². The van der Waals surface area contributed by atoms with Gasteiger partial charge in [-0.1, -0.05) is 30.3 Å². The van der Waals surface area contributed by atoms with Crippen LogP contribution in [0.2, 0.25) is 0 Å². The Morgan fingerprint density at radius 1 is 0.880 bits per heavy atom. The van der Waals surface area contributed by atoms with Crippen molar-refractivity contribution in [1.82, 2.24) is 4.57 Å². The fraction of sp³-hybridized carbons (Fsp3) is 0.0455. The van der Waals surface area contributed by atoms with Gasteiger partial charge in [-0.2, -0.15) is 5.26 Å². The molecule has 0 saturated heterocycles. The molecule has 1 heterocycles. The van der Waals surface area contributed by atoms with Crippen molar-refractivity contribution < 1.29 is 4.74 Å². The van der Waals surface area contributed by atoms with E-state index in [0.29, 0.717) is 5.56 Å². The number of rotatable bonds is 3. The third kappa shape index (κ3) is 2.64. The molecule has 3 aromatic carbocycles. The van der Waals surface area contributed by atoms with E-state index in [2.05, 4.69) is 28.8 Å². The summed E-state index contributed by atoms with van der Waals surface area (Å²) >= 11 is 0. The Labute approximate surface area is 146 Å². The summed E-state index contributed by atoms with van der Waals surface area (Å²) in [5.74, 6) is 0.827. The normalized spacial score (nSPS) is 10.6. The Morgan fingerprint density at radius 2 is 1.64 bits per heavy atom. The fourth-order valence-electron chi connectivity index (χ4n) is 3.12. The first-order chi connectivity index (χ1) is 12.3. The molecule has 0 bridgehead atoms. The molecule has 0 aliphatic rings. The van der Waals surface area contributed by atoms with E-state index < -0.39 is 0 Å². The molecule has 1 aromatic heterocycles. The molecule has 4 aromatic rings. The summed E-state index contributed by atoms with van der Waals surface area (Å²) in [5.41, 5.74) is 5.02. The van der Waals surface area contributed by atoms with Gasteiger partial charge in [0.15, 0.2) is 0 Å². The summed E-state index contributed by atoms with van der Waals surface area (Å²) in [4.78, 5) is 0. The Morgan fingerprint density at radius 3 is 2.32 bits per heavy atom. The zero-order valence-electron chi connectivity index (χ0n) is 13.8. The van der Waals surface area contributed by atoms with Crippen LogP contribution in [0.15, 0.2) is 78.9 Å². The minimum absolute atomic E-state index is 0.666. The van der Waals surface area contributed by atoms with Crippen LogP contribution in [0.4, 0.5) is 0 Å². The van der Waals surface area contributed by atoms with E-state index in [0.717, 1.165) is 33.6 Å². The van der Waals surface area contributed by atoms with Gasteiger partial charge < -0.3 is 9.30 Å². The van der Waals surface area contributed by atoms with Gasteiger partial charge in [0.25, 0.3) is 0 Å². The van der Waals surface area contributed by atoms with E-state index in [1.165, 1.54) is 0 Å². The second-order valence-corrected chi connectivity index (χ2v) is 5.81. The molecule has 0 N–H and O–H groups in total. The standard InChI is InChI=1S/C22H16N2O/c1-25-20-10-8-19(9-11-20)24-21-12-7-16(15-23)13-18(21)14-22(24)17-5-3-2-4-6-17/h2-14H,1H3. The van der Waals surface area contributed by atoms with Crippen molar-refractivity contribution in [1.29, 1.82) is 5.26 Å². The summed E-state index contributed by atoms with van der Waals surface area (Å²) in [6.07, 6.45) is 0. The number of benzene rings is 3. The number of ether oxygens (including phenoxy) is 1. The lowest BCUT2D eigenvalue weighted by atomic mass is 10.1. The molecule has 0 saturated carbocycles. The highest BCUT2D eigenvalue weighted by atomic mass is 16.5. The molecule has 0 spiro atoms. The van der Waals surface area contributed by atoms with Gasteiger partial charge in [0.1, 0.15) is 5.75 Å². The van der Waals surface area contributed by atoms with E-state index >= 15 is 0 Å². The highest BCUT2D eigenvalue weighted by Gasteiger charge is 2.13. The second kappa shape index (κ2) is 6.18. The Kier molecular flexibility index (Phi) is 3.72. The van der Waals surface area contributed by atoms with Crippen LogP contribution in [0.3, 0.4) is 0 Å². The van der Waals surface area contributed by atoms with Crippen molar-refractivity contribution in [2.45, 2.75) is 0 Å². The number of nitrogens with zero attached hydrogens (tertiary/aromatic N) is 2. The summed E-state index contributed by atoms with van der Waals surface area (Å²) in [6.45, 7) is 0. The SMILES string of the molecule is COc1ccc(-n2c(-c3ccccc3)cc3cc(C#N)ccc32)cc1. The predicted molar refractivity (Wildman–Crippen MR) is 100.0 cm³/mol. The van der Waals surface area contributed by atoms with Crippen molar-refractivity contribution in [2.75, 3.05) is 7.11 Å². The van der Waals surface area contributed by atoms with Crippen LogP contribution in [0.5, 0.6) is 5.75 Å². The molecule has 0 radical (unpaired) electrons. The predicted octanol–water partition coefficient (Wildman–Crippen LogP) is 5.18. The van der Waals surface area contributed by atoms with Gasteiger partial charge in [-0.05, 0) is 54.1 Å². The number of nitriles is 1. The summed E-state index contributed by atoms with van der Waals surface area (Å²) < 4.78 is 7.49. The third-order valence-electron chi connectivity index (χ3n) is 4.33. The van der Waals surface area contributed by atoms with Crippen molar-refractivity contribution in [2.24, 2.45) is 0 Å². The molecule has 0 unspecified atom stereocenters. The number of aromatic nitrogens is 1. The first kappa shape index (κ1) is 15.0. The molecular formula is C22H16N2O. The molecule has 25 heavy (non-hydrogen) atoms. The zero-order chi connectivity index (χ0) is 17.2. The molecule has 3 nitrogen and oxygen atoms in total. The molecule has 0 atom stereocenters. The average Bonchev–Trinajstić information content (AvgIpc) is 3.07. The van der Waals surface area contributed by atoms with Gasteiger partial charge in [-0.25, -0.2) is 0 Å². The molecule has 0 aliphatic carbocycles. The largest absolute Gasteiger partial charge is 0.497 e. The smallest absolute Gasteiger partial charge is 0.119 e. The first-order valence-electron chi connectivity index (χ1n) is 8.05. The molecule has 0 amide bonds. The van der Waals surface area contributed by atoms with Crippen LogP contribution < -0.4 is 4.74 Å². The van der Waals surface area contributed by atoms with E-state index in [9.17, 15) is 5.26 Å². The van der Waals surface area contributed by atoms with E-state index in [1.54, 1.807) is 7.11 Å². The molecular weight excluding hydrogens is 308 g/mol. The minimum Gasteiger partial charge on any atom is -0.497 e. The van der Waals surface area contributed by atoms with Crippen LogP contribution in [-0.2, 0) is 0 Å². The van der Waals surface area contributed by atoms with E-state index in [4.69, 9.17) is 4.74 Å². The average molecular weight is 324 g/mol. The van der Waals surface area contributed by atoms with E-state index in [1.807, 2.05) is 60.7 Å². The molecule has 4 rings (SSSR count).